The highest BCUT2D eigenvalue weighted by atomic mass is 32.2. The summed E-state index contributed by atoms with van der Waals surface area (Å²) in [5, 5.41) is 6.91. The van der Waals surface area contributed by atoms with Gasteiger partial charge in [-0.15, -0.1) is 13.2 Å². The van der Waals surface area contributed by atoms with E-state index in [9.17, 15) is 0 Å². The molecule has 0 aromatic rings. The van der Waals surface area contributed by atoms with E-state index in [0.717, 1.165) is 0 Å². The normalized spacial score (nSPS) is 6.00. The molecule has 0 aliphatic carbocycles. The van der Waals surface area contributed by atoms with E-state index < -0.39 is 0 Å². The molecule has 0 radical (unpaired) electrons. The average molecular weight is 132 g/mol. The molecule has 0 rings (SSSR count). The van der Waals surface area contributed by atoms with Crippen LogP contribution >= 0.6 is 11.8 Å². The van der Waals surface area contributed by atoms with E-state index >= 15 is 0 Å². The lowest BCUT2D eigenvalue weighted by Gasteiger charge is -1.73. The molecule has 4 N–H and O–H groups in total. The predicted molar refractivity (Wildman–Crippen MR) is 41.3 cm³/mol. The molecule has 0 fully saturated rings. The Bertz CT molecular complexity index is 85.0. The van der Waals surface area contributed by atoms with Gasteiger partial charge in [0.05, 0.1) is 0 Å². The summed E-state index contributed by atoms with van der Waals surface area (Å²) in [5.41, 5.74) is 4.99. The van der Waals surface area contributed by atoms with E-state index in [4.69, 9.17) is 11.1 Å². The van der Waals surface area contributed by atoms with E-state index in [1.54, 1.807) is 5.41 Å². The van der Waals surface area contributed by atoms with Crippen molar-refractivity contribution in [1.29, 1.82) is 0 Å². The van der Waals surface area contributed by atoms with Gasteiger partial charge in [0.2, 0.25) is 0 Å². The van der Waals surface area contributed by atoms with Crippen LogP contribution in [0.2, 0.25) is 0 Å². The van der Waals surface area contributed by atoms with Gasteiger partial charge < -0.3 is 0 Å². The lowest BCUT2D eigenvalue weighted by molar-refractivity contribution is -0.109. The maximum absolute atomic E-state index is 4.99. The minimum atomic E-state index is 0. The van der Waals surface area contributed by atoms with Crippen LogP contribution in [-0.2, 0) is 0 Å². The van der Waals surface area contributed by atoms with Crippen LogP contribution in [0.25, 0.3) is 0 Å². The summed E-state index contributed by atoms with van der Waals surface area (Å²) < 4.78 is 0. The van der Waals surface area contributed by atoms with Gasteiger partial charge in [-0.2, -0.15) is 0 Å². The second-order valence-electron chi connectivity index (χ2n) is 0.687. The standard InChI is InChI=1S/C3H6N2S.C2H4/c1-2-6-3(4)5;1-2/h2H,1H2,(H3,4,5);1-2H2/p+2. The van der Waals surface area contributed by atoms with Gasteiger partial charge in [-0.05, 0) is 17.2 Å². The number of rotatable bonds is 1. The molecular weight excluding hydrogens is 120 g/mol. The van der Waals surface area contributed by atoms with E-state index in [-0.39, 0.29) is 1.43 Å². The van der Waals surface area contributed by atoms with Gasteiger partial charge in [0.15, 0.2) is 0 Å². The highest BCUT2D eigenvalue weighted by Gasteiger charge is 1.84. The van der Waals surface area contributed by atoms with Crippen molar-refractivity contribution in [3.05, 3.63) is 25.1 Å². The third-order valence-electron chi connectivity index (χ3n) is 0.219. The summed E-state index contributed by atoms with van der Waals surface area (Å²) in [6.45, 7) is 9.38. The predicted octanol–water partition coefficient (Wildman–Crippen LogP) is -0.148. The maximum atomic E-state index is 4.99. The Hall–Kier alpha value is -0.700. The smallest absolute Gasteiger partial charge is 0.281 e. The molecule has 0 unspecified atom stereocenters. The zero-order valence-electron chi connectivity index (χ0n) is 5.76. The van der Waals surface area contributed by atoms with Crippen LogP contribution in [0.4, 0.5) is 0 Å². The van der Waals surface area contributed by atoms with Crippen LogP contribution in [0, 0.1) is 0 Å². The minimum Gasteiger partial charge on any atom is -0.281 e. The Balaban J connectivity index is -0.000000109. The average Bonchev–Trinajstić information content (AvgIpc) is 1.72. The maximum Gasteiger partial charge on any atom is 1.00 e. The molecule has 3 heteroatoms. The third-order valence-corrected chi connectivity index (χ3v) is 0.658. The van der Waals surface area contributed by atoms with Gasteiger partial charge in [0.25, 0.3) is 0 Å². The first-order valence-corrected chi connectivity index (χ1v) is 2.81. The van der Waals surface area contributed by atoms with Crippen molar-refractivity contribution in [2.24, 2.45) is 5.73 Å². The highest BCUT2D eigenvalue weighted by molar-refractivity contribution is 8.15. The fourth-order valence-corrected chi connectivity index (χ4v) is 0.289. The van der Waals surface area contributed by atoms with Crippen molar-refractivity contribution < 1.29 is 6.84 Å². The topological polar surface area (TPSA) is 51.6 Å². The molecule has 46 valence electrons. The monoisotopic (exact) mass is 132 g/mol. The number of hydrogen-bond acceptors (Lipinski definition) is 1. The fourth-order valence-electron chi connectivity index (χ4n) is 0.0962. The van der Waals surface area contributed by atoms with E-state index in [2.05, 4.69) is 19.7 Å². The molecule has 2 nitrogen and oxygen atoms in total. The summed E-state index contributed by atoms with van der Waals surface area (Å²) in [6, 6.07) is 0. The van der Waals surface area contributed by atoms with Crippen LogP contribution in [0.5, 0.6) is 0 Å². The Labute approximate surface area is 55.5 Å². The Kier molecular flexibility index (Phi) is 12.3. The van der Waals surface area contributed by atoms with Gasteiger partial charge >= 0.3 is 6.59 Å². The van der Waals surface area contributed by atoms with Crippen LogP contribution in [-0.4, -0.2) is 5.17 Å². The lowest BCUT2D eigenvalue weighted by Crippen LogP contribution is -2.42. The van der Waals surface area contributed by atoms with Crippen molar-refractivity contribution in [2.75, 3.05) is 0 Å². The van der Waals surface area contributed by atoms with Crippen molar-refractivity contribution in [3.8, 4) is 0 Å². The van der Waals surface area contributed by atoms with Gasteiger partial charge in [-0.25, -0.2) is 0 Å². The molecule has 0 aromatic heterocycles. The fraction of sp³-hybridized carbons (Fsp3) is 0. The molecule has 0 aliphatic heterocycles. The second kappa shape index (κ2) is 9.57. The molecule has 8 heavy (non-hydrogen) atoms. The first kappa shape index (κ1) is 10.3. The number of hydrogen-bond donors (Lipinski definition) is 2. The number of amidine groups is 1. The summed E-state index contributed by atoms with van der Waals surface area (Å²) in [4.78, 5) is 0. The minimum absolute atomic E-state index is 0. The molecule has 0 heterocycles. The van der Waals surface area contributed by atoms with E-state index in [1.165, 1.54) is 11.8 Å². The van der Waals surface area contributed by atoms with Crippen LogP contribution < -0.4 is 11.1 Å². The first-order valence-electron chi connectivity index (χ1n) is 1.93. The number of nitrogens with two attached hydrogens (primary N) is 2. The Morgan fingerprint density at radius 3 is 2.12 bits per heavy atom. The van der Waals surface area contributed by atoms with Crippen LogP contribution in [0.1, 0.15) is 1.43 Å². The van der Waals surface area contributed by atoms with Crippen molar-refractivity contribution in [2.45, 2.75) is 0 Å². The molecule has 0 amide bonds. The highest BCUT2D eigenvalue weighted by Crippen LogP contribution is 1.91. The Morgan fingerprint density at radius 2 is 2.12 bits per heavy atom. The lowest BCUT2D eigenvalue weighted by atomic mass is 11.3. The summed E-state index contributed by atoms with van der Waals surface area (Å²) in [5.74, 6) is 0. The van der Waals surface area contributed by atoms with Gasteiger partial charge in [0, 0.05) is 0 Å². The van der Waals surface area contributed by atoms with Gasteiger partial charge in [0.1, 0.15) is 0 Å². The zero-order chi connectivity index (χ0) is 6.99. The second-order valence-corrected chi connectivity index (χ2v) is 1.73. The SMILES string of the molecule is C=C.C=CSC(N)=[NH2+].[H+]. The van der Waals surface area contributed by atoms with Crippen LogP contribution in [0.3, 0.4) is 0 Å². The van der Waals surface area contributed by atoms with Crippen molar-refractivity contribution in [1.82, 2.24) is 0 Å². The molecule has 0 saturated heterocycles. The van der Waals surface area contributed by atoms with Crippen LogP contribution in [0.15, 0.2) is 25.1 Å². The van der Waals surface area contributed by atoms with Crippen molar-refractivity contribution in [3.63, 3.8) is 0 Å². The van der Waals surface area contributed by atoms with E-state index in [0.29, 0.717) is 5.17 Å². The largest absolute Gasteiger partial charge is 1.00 e. The molecule has 0 atom stereocenters. The first-order chi connectivity index (χ1) is 3.77. The zero-order valence-corrected chi connectivity index (χ0v) is 5.58. The molecule has 0 spiro atoms. The third kappa shape index (κ3) is 18.5. The van der Waals surface area contributed by atoms with E-state index in [1.807, 2.05) is 0 Å². The molecule has 0 aliphatic rings. The summed E-state index contributed by atoms with van der Waals surface area (Å²) >= 11 is 1.22. The van der Waals surface area contributed by atoms with Crippen molar-refractivity contribution >= 4 is 16.9 Å². The number of thioether (sulfide) groups is 1. The summed E-state index contributed by atoms with van der Waals surface area (Å²) in [7, 11) is 0. The molecule has 0 bridgehead atoms. The molecule has 0 aromatic carbocycles. The quantitative estimate of drug-likeness (QED) is 0.296. The Morgan fingerprint density at radius 1 is 1.75 bits per heavy atom. The van der Waals surface area contributed by atoms with Gasteiger partial charge in [-0.1, -0.05) is 6.58 Å². The van der Waals surface area contributed by atoms with Gasteiger partial charge in [-0.3, -0.25) is 11.1 Å². The molecule has 0 saturated carbocycles. The molecular formula is C5H12N2S+2. The summed E-state index contributed by atoms with van der Waals surface area (Å²) in [6.07, 6.45) is 0.